The SMILES string of the molecule is CSc1ccc2ncnc(N3CCC(NC(=O)Nc4ccc(F)cc4)CC3)c2c1. The van der Waals surface area contributed by atoms with Crippen molar-refractivity contribution in [1.82, 2.24) is 15.3 Å². The molecule has 1 fully saturated rings. The minimum absolute atomic E-state index is 0.0848. The molecule has 0 spiro atoms. The van der Waals surface area contributed by atoms with E-state index in [1.165, 1.54) is 17.0 Å². The zero-order valence-corrected chi connectivity index (χ0v) is 16.9. The number of piperidine rings is 1. The molecule has 1 aliphatic heterocycles. The van der Waals surface area contributed by atoms with Crippen LogP contribution in [0.4, 0.5) is 20.7 Å². The van der Waals surface area contributed by atoms with Crippen LogP contribution in [-0.4, -0.2) is 41.4 Å². The molecule has 150 valence electrons. The molecule has 4 rings (SSSR count). The number of nitrogens with zero attached hydrogens (tertiary/aromatic N) is 3. The Balaban J connectivity index is 1.37. The maximum absolute atomic E-state index is 13.0. The van der Waals surface area contributed by atoms with Crippen LogP contribution in [0.5, 0.6) is 0 Å². The number of carbonyl (C=O) groups is 1. The second kappa shape index (κ2) is 8.65. The van der Waals surface area contributed by atoms with E-state index in [4.69, 9.17) is 0 Å². The molecule has 0 radical (unpaired) electrons. The van der Waals surface area contributed by atoms with Crippen molar-refractivity contribution in [2.24, 2.45) is 0 Å². The largest absolute Gasteiger partial charge is 0.356 e. The number of anilines is 2. The highest BCUT2D eigenvalue weighted by molar-refractivity contribution is 7.98. The molecular weight excluding hydrogens is 389 g/mol. The quantitative estimate of drug-likeness (QED) is 0.627. The Morgan fingerprint density at radius 1 is 1.14 bits per heavy atom. The number of hydrogen-bond acceptors (Lipinski definition) is 5. The van der Waals surface area contributed by atoms with Gasteiger partial charge in [-0.2, -0.15) is 0 Å². The summed E-state index contributed by atoms with van der Waals surface area (Å²) >= 11 is 1.70. The van der Waals surface area contributed by atoms with Crippen molar-refractivity contribution < 1.29 is 9.18 Å². The first-order valence-electron chi connectivity index (χ1n) is 9.49. The lowest BCUT2D eigenvalue weighted by Crippen LogP contribution is -2.46. The van der Waals surface area contributed by atoms with Gasteiger partial charge in [-0.1, -0.05) is 0 Å². The number of aromatic nitrogens is 2. The second-order valence-corrected chi connectivity index (χ2v) is 7.83. The molecule has 0 aliphatic carbocycles. The Morgan fingerprint density at radius 2 is 1.90 bits per heavy atom. The van der Waals surface area contributed by atoms with Gasteiger partial charge in [-0.05, 0) is 61.6 Å². The van der Waals surface area contributed by atoms with Crippen molar-refractivity contribution in [3.8, 4) is 0 Å². The molecular formula is C21H22FN5OS. The molecule has 0 bridgehead atoms. The fourth-order valence-corrected chi connectivity index (χ4v) is 3.96. The highest BCUT2D eigenvalue weighted by Crippen LogP contribution is 2.29. The summed E-state index contributed by atoms with van der Waals surface area (Å²) < 4.78 is 13.0. The fourth-order valence-electron chi connectivity index (χ4n) is 3.52. The van der Waals surface area contributed by atoms with Crippen LogP contribution in [0.3, 0.4) is 0 Å². The summed E-state index contributed by atoms with van der Waals surface area (Å²) in [6.07, 6.45) is 5.31. The van der Waals surface area contributed by atoms with Crippen LogP contribution >= 0.6 is 11.8 Å². The lowest BCUT2D eigenvalue weighted by atomic mass is 10.0. The molecule has 29 heavy (non-hydrogen) atoms. The van der Waals surface area contributed by atoms with Crippen molar-refractivity contribution in [3.05, 3.63) is 54.6 Å². The molecule has 1 aliphatic rings. The Labute approximate surface area is 172 Å². The number of fused-ring (bicyclic) bond motifs is 1. The van der Waals surface area contributed by atoms with E-state index in [1.807, 2.05) is 6.07 Å². The normalized spacial score (nSPS) is 14.8. The van der Waals surface area contributed by atoms with Crippen LogP contribution in [-0.2, 0) is 0 Å². The Hall–Kier alpha value is -2.87. The monoisotopic (exact) mass is 411 g/mol. The van der Waals surface area contributed by atoms with Crippen LogP contribution in [0.15, 0.2) is 53.7 Å². The van der Waals surface area contributed by atoms with Crippen molar-refractivity contribution in [3.63, 3.8) is 0 Å². The molecule has 2 N–H and O–H groups in total. The first-order chi connectivity index (χ1) is 14.1. The van der Waals surface area contributed by atoms with Gasteiger partial charge in [0.2, 0.25) is 0 Å². The number of thioether (sulfide) groups is 1. The molecule has 2 amide bonds. The maximum Gasteiger partial charge on any atom is 0.319 e. The predicted octanol–water partition coefficient (Wildman–Crippen LogP) is 4.28. The maximum atomic E-state index is 13.0. The number of benzene rings is 2. The number of carbonyl (C=O) groups excluding carboxylic acids is 1. The second-order valence-electron chi connectivity index (χ2n) is 6.95. The third kappa shape index (κ3) is 4.59. The third-order valence-electron chi connectivity index (χ3n) is 5.05. The molecule has 3 aromatic rings. The minimum Gasteiger partial charge on any atom is -0.356 e. The number of urea groups is 1. The van der Waals surface area contributed by atoms with Gasteiger partial charge in [0.15, 0.2) is 0 Å². The summed E-state index contributed by atoms with van der Waals surface area (Å²) in [5.41, 5.74) is 1.50. The number of rotatable bonds is 4. The van der Waals surface area contributed by atoms with E-state index >= 15 is 0 Å². The summed E-state index contributed by atoms with van der Waals surface area (Å²) in [4.78, 5) is 24.6. The van der Waals surface area contributed by atoms with E-state index in [0.29, 0.717) is 5.69 Å². The van der Waals surface area contributed by atoms with Gasteiger partial charge in [-0.15, -0.1) is 11.8 Å². The summed E-state index contributed by atoms with van der Waals surface area (Å²) in [6, 6.07) is 11.8. The predicted molar refractivity (Wildman–Crippen MR) is 115 cm³/mol. The molecule has 0 atom stereocenters. The van der Waals surface area contributed by atoms with Crippen LogP contribution in [0.2, 0.25) is 0 Å². The van der Waals surface area contributed by atoms with Gasteiger partial charge in [0.25, 0.3) is 0 Å². The molecule has 0 unspecified atom stereocenters. The zero-order chi connectivity index (χ0) is 20.2. The van der Waals surface area contributed by atoms with Gasteiger partial charge < -0.3 is 15.5 Å². The first kappa shape index (κ1) is 19.4. The van der Waals surface area contributed by atoms with E-state index in [9.17, 15) is 9.18 Å². The van der Waals surface area contributed by atoms with Crippen LogP contribution < -0.4 is 15.5 Å². The van der Waals surface area contributed by atoms with Crippen LogP contribution in [0.1, 0.15) is 12.8 Å². The molecule has 1 aromatic heterocycles. The summed E-state index contributed by atoms with van der Waals surface area (Å²) in [6.45, 7) is 1.61. The van der Waals surface area contributed by atoms with E-state index < -0.39 is 0 Å². The average molecular weight is 412 g/mol. The number of nitrogens with one attached hydrogen (secondary N) is 2. The van der Waals surface area contributed by atoms with E-state index in [1.54, 1.807) is 30.2 Å². The van der Waals surface area contributed by atoms with E-state index in [-0.39, 0.29) is 17.9 Å². The topological polar surface area (TPSA) is 70.2 Å². The van der Waals surface area contributed by atoms with E-state index in [0.717, 1.165) is 42.7 Å². The number of hydrogen-bond donors (Lipinski definition) is 2. The van der Waals surface area contributed by atoms with E-state index in [2.05, 4.69) is 43.9 Å². The standard InChI is InChI=1S/C21H22FN5OS/c1-29-17-6-7-19-18(12-17)20(24-13-23-19)27-10-8-16(9-11-27)26-21(28)25-15-4-2-14(22)3-5-15/h2-7,12-13,16H,8-11H2,1H3,(H2,25,26,28). The van der Waals surface area contributed by atoms with Gasteiger partial charge in [-0.3, -0.25) is 0 Å². The molecule has 8 heteroatoms. The number of amides is 2. The summed E-state index contributed by atoms with van der Waals surface area (Å²) in [5, 5.41) is 6.80. The van der Waals surface area contributed by atoms with Gasteiger partial charge in [0, 0.05) is 35.1 Å². The molecule has 2 heterocycles. The summed E-state index contributed by atoms with van der Waals surface area (Å²) in [7, 11) is 0. The number of halogens is 1. The lowest BCUT2D eigenvalue weighted by Gasteiger charge is -2.33. The average Bonchev–Trinajstić information content (AvgIpc) is 2.75. The van der Waals surface area contributed by atoms with Gasteiger partial charge in [0.05, 0.1) is 5.52 Å². The van der Waals surface area contributed by atoms with Crippen LogP contribution in [0, 0.1) is 5.82 Å². The van der Waals surface area contributed by atoms with Crippen LogP contribution in [0.25, 0.3) is 10.9 Å². The molecule has 0 saturated carbocycles. The first-order valence-corrected chi connectivity index (χ1v) is 10.7. The Bertz CT molecular complexity index is 1010. The zero-order valence-electron chi connectivity index (χ0n) is 16.1. The van der Waals surface area contributed by atoms with Crippen molar-refractivity contribution >= 4 is 40.2 Å². The smallest absolute Gasteiger partial charge is 0.319 e. The van der Waals surface area contributed by atoms with Gasteiger partial charge in [-0.25, -0.2) is 19.2 Å². The highest BCUT2D eigenvalue weighted by Gasteiger charge is 2.23. The molecule has 2 aromatic carbocycles. The Kier molecular flexibility index (Phi) is 5.80. The lowest BCUT2D eigenvalue weighted by molar-refractivity contribution is 0.246. The van der Waals surface area contributed by atoms with Crippen molar-refractivity contribution in [2.75, 3.05) is 29.6 Å². The Morgan fingerprint density at radius 3 is 2.62 bits per heavy atom. The fraction of sp³-hybridized carbons (Fsp3) is 0.286. The summed E-state index contributed by atoms with van der Waals surface area (Å²) in [5.74, 6) is 0.616. The minimum atomic E-state index is -0.328. The van der Waals surface area contributed by atoms with Crippen molar-refractivity contribution in [1.29, 1.82) is 0 Å². The highest BCUT2D eigenvalue weighted by atomic mass is 32.2. The molecule has 1 saturated heterocycles. The van der Waals surface area contributed by atoms with Gasteiger partial charge >= 0.3 is 6.03 Å². The molecule has 6 nitrogen and oxygen atoms in total. The van der Waals surface area contributed by atoms with Crippen molar-refractivity contribution in [2.45, 2.75) is 23.8 Å². The third-order valence-corrected chi connectivity index (χ3v) is 5.78. The van der Waals surface area contributed by atoms with Gasteiger partial charge in [0.1, 0.15) is 18.0 Å².